The van der Waals surface area contributed by atoms with Crippen LogP contribution in [0.1, 0.15) is 5.56 Å². The highest BCUT2D eigenvalue weighted by atomic mass is 16.5. The molecule has 0 saturated heterocycles. The Labute approximate surface area is 79.3 Å². The standard InChI is InChI=1S/C10H11BO2/c1-13-10(12)9(11)7-8-5-3-2-4-6-8/h2-6,9H,7H2,1H3/t9-/m1/s1. The summed E-state index contributed by atoms with van der Waals surface area (Å²) in [7, 11) is 6.93. The van der Waals surface area contributed by atoms with Gasteiger partial charge in [0.25, 0.3) is 5.97 Å². The van der Waals surface area contributed by atoms with Crippen LogP contribution in [0.25, 0.3) is 0 Å². The molecule has 0 spiro atoms. The first-order valence-corrected chi connectivity index (χ1v) is 4.11. The Bertz CT molecular complexity index is 272. The van der Waals surface area contributed by atoms with Crippen LogP contribution in [0.2, 0.25) is 5.82 Å². The van der Waals surface area contributed by atoms with Crippen LogP contribution >= 0.6 is 0 Å². The van der Waals surface area contributed by atoms with Gasteiger partial charge in [0.1, 0.15) is 0 Å². The van der Waals surface area contributed by atoms with E-state index in [-0.39, 0.29) is 5.97 Å². The van der Waals surface area contributed by atoms with Crippen molar-refractivity contribution in [2.45, 2.75) is 12.2 Å². The Morgan fingerprint density at radius 1 is 1.46 bits per heavy atom. The molecule has 3 heteroatoms. The smallest absolute Gasteiger partial charge is 0.300 e. The Morgan fingerprint density at radius 2 is 2.08 bits per heavy atom. The van der Waals surface area contributed by atoms with E-state index in [0.717, 1.165) is 5.56 Å². The van der Waals surface area contributed by atoms with Crippen molar-refractivity contribution in [3.63, 3.8) is 0 Å². The van der Waals surface area contributed by atoms with Crippen molar-refractivity contribution in [2.24, 2.45) is 0 Å². The van der Waals surface area contributed by atoms with Crippen LogP contribution in [0.5, 0.6) is 0 Å². The molecule has 0 unspecified atom stereocenters. The van der Waals surface area contributed by atoms with Gasteiger partial charge in [-0.3, -0.25) is 4.79 Å². The van der Waals surface area contributed by atoms with E-state index in [1.807, 2.05) is 30.3 Å². The third-order valence-electron chi connectivity index (χ3n) is 1.80. The molecular formula is C10H11BO2. The van der Waals surface area contributed by atoms with Gasteiger partial charge in [0.05, 0.1) is 15.0 Å². The van der Waals surface area contributed by atoms with Crippen molar-refractivity contribution in [1.29, 1.82) is 0 Å². The molecule has 0 N–H and O–H groups in total. The number of methoxy groups -OCH3 is 1. The number of hydrogen-bond donors (Lipinski definition) is 0. The zero-order chi connectivity index (χ0) is 9.68. The van der Waals surface area contributed by atoms with Crippen molar-refractivity contribution in [3.05, 3.63) is 35.9 Å². The van der Waals surface area contributed by atoms with E-state index in [2.05, 4.69) is 4.74 Å². The molecule has 1 atom stereocenters. The zero-order valence-corrected chi connectivity index (χ0v) is 7.57. The monoisotopic (exact) mass is 174 g/mol. The summed E-state index contributed by atoms with van der Waals surface area (Å²) in [5.41, 5.74) is 1.04. The molecule has 1 rings (SSSR count). The summed E-state index contributed by atoms with van der Waals surface area (Å²) in [6.45, 7) is 0. The molecule has 2 nitrogen and oxygen atoms in total. The Kier molecular flexibility index (Phi) is 3.56. The summed E-state index contributed by atoms with van der Waals surface area (Å²) in [6.07, 6.45) is 0.521. The summed E-state index contributed by atoms with van der Waals surface area (Å²) in [4.78, 5) is 11.0. The van der Waals surface area contributed by atoms with Gasteiger partial charge >= 0.3 is 0 Å². The molecule has 0 saturated carbocycles. The minimum atomic E-state index is -0.563. The predicted octanol–water partition coefficient (Wildman–Crippen LogP) is 1.36. The fraction of sp³-hybridized carbons (Fsp3) is 0.300. The molecule has 0 bridgehead atoms. The third-order valence-corrected chi connectivity index (χ3v) is 1.80. The van der Waals surface area contributed by atoms with E-state index >= 15 is 0 Å². The molecule has 0 amide bonds. The normalized spacial score (nSPS) is 12.1. The van der Waals surface area contributed by atoms with Gasteiger partial charge in [0.2, 0.25) is 0 Å². The highest BCUT2D eigenvalue weighted by Gasteiger charge is 2.12. The number of benzene rings is 1. The number of hydrogen-bond acceptors (Lipinski definition) is 2. The van der Waals surface area contributed by atoms with Crippen LogP contribution in [-0.2, 0) is 16.0 Å². The molecule has 0 aliphatic heterocycles. The lowest BCUT2D eigenvalue weighted by Crippen LogP contribution is -2.12. The topological polar surface area (TPSA) is 26.3 Å². The number of carbonyl (C=O) groups is 1. The van der Waals surface area contributed by atoms with Crippen molar-refractivity contribution >= 4 is 13.8 Å². The van der Waals surface area contributed by atoms with Crippen LogP contribution in [0.3, 0.4) is 0 Å². The average Bonchev–Trinajstić information content (AvgIpc) is 2.18. The molecule has 0 aliphatic rings. The van der Waals surface area contributed by atoms with Gasteiger partial charge in [0, 0.05) is 5.82 Å². The molecular weight excluding hydrogens is 163 g/mol. The highest BCUT2D eigenvalue weighted by Crippen LogP contribution is 2.11. The second kappa shape index (κ2) is 4.70. The first-order chi connectivity index (χ1) is 6.24. The molecule has 66 valence electrons. The molecule has 0 aromatic heterocycles. The first-order valence-electron chi connectivity index (χ1n) is 4.11. The molecule has 1 aromatic rings. The fourth-order valence-electron chi connectivity index (χ4n) is 1.10. The number of esters is 1. The number of carbonyl (C=O) groups excluding carboxylic acids is 1. The molecule has 1 aromatic carbocycles. The van der Waals surface area contributed by atoms with Gasteiger partial charge in [-0.15, -0.1) is 0 Å². The molecule has 0 fully saturated rings. The quantitative estimate of drug-likeness (QED) is 0.510. The summed E-state index contributed by atoms with van der Waals surface area (Å²) >= 11 is 0. The van der Waals surface area contributed by atoms with E-state index in [1.165, 1.54) is 7.11 Å². The lowest BCUT2D eigenvalue weighted by atomic mass is 9.82. The molecule has 0 heterocycles. The minimum absolute atomic E-state index is 0.371. The van der Waals surface area contributed by atoms with E-state index in [4.69, 9.17) is 7.85 Å². The largest absolute Gasteiger partial charge is 0.469 e. The zero-order valence-electron chi connectivity index (χ0n) is 7.57. The number of ether oxygens (including phenoxy) is 1. The van der Waals surface area contributed by atoms with Crippen LogP contribution in [0, 0.1) is 0 Å². The van der Waals surface area contributed by atoms with Gasteiger partial charge in [-0.05, 0) is 12.0 Å². The maximum atomic E-state index is 11.0. The lowest BCUT2D eigenvalue weighted by Gasteiger charge is -2.08. The number of rotatable bonds is 3. The predicted molar refractivity (Wildman–Crippen MR) is 51.7 cm³/mol. The maximum Gasteiger partial charge on any atom is 0.300 e. The lowest BCUT2D eigenvalue weighted by molar-refractivity contribution is -0.140. The minimum Gasteiger partial charge on any atom is -0.469 e. The average molecular weight is 174 g/mol. The highest BCUT2D eigenvalue weighted by molar-refractivity contribution is 6.22. The van der Waals surface area contributed by atoms with Crippen LogP contribution in [0.4, 0.5) is 0 Å². The summed E-state index contributed by atoms with van der Waals surface area (Å²) < 4.78 is 4.52. The van der Waals surface area contributed by atoms with Gasteiger partial charge in [-0.2, -0.15) is 0 Å². The molecule has 0 aliphatic carbocycles. The van der Waals surface area contributed by atoms with E-state index in [9.17, 15) is 4.79 Å². The van der Waals surface area contributed by atoms with Crippen LogP contribution in [0.15, 0.2) is 30.3 Å². The van der Waals surface area contributed by atoms with E-state index in [0.29, 0.717) is 6.42 Å². The summed E-state index contributed by atoms with van der Waals surface area (Å²) in [5.74, 6) is -0.934. The second-order valence-corrected chi connectivity index (χ2v) is 2.82. The van der Waals surface area contributed by atoms with Crippen LogP contribution in [-0.4, -0.2) is 20.9 Å². The van der Waals surface area contributed by atoms with Crippen LogP contribution < -0.4 is 0 Å². The Balaban J connectivity index is 2.55. The van der Waals surface area contributed by atoms with Crippen molar-refractivity contribution < 1.29 is 9.53 Å². The van der Waals surface area contributed by atoms with Crippen molar-refractivity contribution in [2.75, 3.05) is 7.11 Å². The molecule has 13 heavy (non-hydrogen) atoms. The maximum absolute atomic E-state index is 11.0. The fourth-order valence-corrected chi connectivity index (χ4v) is 1.10. The summed E-state index contributed by atoms with van der Waals surface area (Å²) in [6, 6.07) is 9.62. The van der Waals surface area contributed by atoms with Gasteiger partial charge in [0.15, 0.2) is 0 Å². The Hall–Kier alpha value is -1.25. The first kappa shape index (κ1) is 9.84. The van der Waals surface area contributed by atoms with E-state index in [1.54, 1.807) is 0 Å². The van der Waals surface area contributed by atoms with Crippen molar-refractivity contribution in [1.82, 2.24) is 0 Å². The third kappa shape index (κ3) is 2.94. The van der Waals surface area contributed by atoms with E-state index < -0.39 is 5.82 Å². The second-order valence-electron chi connectivity index (χ2n) is 2.82. The van der Waals surface area contributed by atoms with Gasteiger partial charge < -0.3 is 4.74 Å². The SMILES string of the molecule is [B][C@H](Cc1ccccc1)C(=O)OC. The van der Waals surface area contributed by atoms with Gasteiger partial charge in [-0.1, -0.05) is 30.3 Å². The Morgan fingerprint density at radius 3 is 2.62 bits per heavy atom. The summed E-state index contributed by atoms with van der Waals surface area (Å²) in [5, 5.41) is 0. The molecule has 2 radical (unpaired) electrons. The van der Waals surface area contributed by atoms with Gasteiger partial charge in [-0.25, -0.2) is 0 Å². The van der Waals surface area contributed by atoms with Crippen molar-refractivity contribution in [3.8, 4) is 0 Å².